The van der Waals surface area contributed by atoms with Gasteiger partial charge in [-0.1, -0.05) is 23.2 Å². The molecule has 0 aromatic heterocycles. The highest BCUT2D eigenvalue weighted by atomic mass is 35.5. The van der Waals surface area contributed by atoms with E-state index in [9.17, 15) is 8.42 Å². The molecule has 0 amide bonds. The average Bonchev–Trinajstić information content (AvgIpc) is 1.53. The van der Waals surface area contributed by atoms with E-state index in [-0.39, 0.29) is 0 Å². The summed E-state index contributed by atoms with van der Waals surface area (Å²) in [6, 6.07) is 0. The van der Waals surface area contributed by atoms with E-state index in [2.05, 4.69) is 8.37 Å². The molecule has 0 N–H and O–H groups in total. The standard InChI is InChI=1S/C4H8Cl2O4S/c1-3(5)9-11(7,8)10-4(2)6/h3-4H,1-2H3. The summed E-state index contributed by atoms with van der Waals surface area (Å²) in [6.45, 7) is 2.70. The van der Waals surface area contributed by atoms with Gasteiger partial charge in [0.15, 0.2) is 0 Å². The van der Waals surface area contributed by atoms with Crippen molar-refractivity contribution in [3.8, 4) is 0 Å². The summed E-state index contributed by atoms with van der Waals surface area (Å²) in [4.78, 5) is 0. The monoisotopic (exact) mass is 222 g/mol. The lowest BCUT2D eigenvalue weighted by Crippen LogP contribution is -2.16. The Morgan fingerprint density at radius 1 is 1.09 bits per heavy atom. The van der Waals surface area contributed by atoms with E-state index in [1.165, 1.54) is 13.8 Å². The molecule has 0 aliphatic rings. The van der Waals surface area contributed by atoms with Crippen LogP contribution in [0.4, 0.5) is 0 Å². The molecule has 0 heterocycles. The molecular weight excluding hydrogens is 215 g/mol. The smallest absolute Gasteiger partial charge is 0.229 e. The van der Waals surface area contributed by atoms with Gasteiger partial charge in [0.2, 0.25) is 0 Å². The zero-order valence-corrected chi connectivity index (χ0v) is 8.28. The van der Waals surface area contributed by atoms with Crippen LogP contribution in [0.5, 0.6) is 0 Å². The predicted octanol–water partition coefficient (Wildman–Crippen LogP) is 1.43. The SMILES string of the molecule is CC(Cl)OS(=O)(=O)OC(C)Cl. The van der Waals surface area contributed by atoms with Crippen molar-refractivity contribution < 1.29 is 16.8 Å². The molecule has 0 aliphatic heterocycles. The lowest BCUT2D eigenvalue weighted by atomic mass is 10.9. The normalized spacial score (nSPS) is 17.8. The first-order valence-corrected chi connectivity index (χ1v) is 4.94. The number of hydrogen-bond acceptors (Lipinski definition) is 4. The fourth-order valence-electron chi connectivity index (χ4n) is 0.347. The van der Waals surface area contributed by atoms with Crippen molar-refractivity contribution in [1.29, 1.82) is 0 Å². The summed E-state index contributed by atoms with van der Waals surface area (Å²) in [5.74, 6) is 0. The van der Waals surface area contributed by atoms with E-state index in [1.54, 1.807) is 0 Å². The number of halogens is 2. The Labute approximate surface area is 75.7 Å². The summed E-state index contributed by atoms with van der Waals surface area (Å²) in [7, 11) is -4.04. The molecule has 0 saturated carbocycles. The summed E-state index contributed by atoms with van der Waals surface area (Å²) in [5.41, 5.74) is -1.93. The van der Waals surface area contributed by atoms with Gasteiger partial charge in [0, 0.05) is 0 Å². The lowest BCUT2D eigenvalue weighted by Gasteiger charge is -2.07. The zero-order chi connectivity index (χ0) is 9.07. The van der Waals surface area contributed by atoms with E-state index < -0.39 is 21.5 Å². The van der Waals surface area contributed by atoms with Crippen LogP contribution in [0.25, 0.3) is 0 Å². The average molecular weight is 223 g/mol. The minimum absolute atomic E-state index is 0.963. The van der Waals surface area contributed by atoms with E-state index in [4.69, 9.17) is 23.2 Å². The quantitative estimate of drug-likeness (QED) is 0.676. The molecular formula is C4H8Cl2O4S. The second-order valence-electron chi connectivity index (χ2n) is 1.69. The maximum absolute atomic E-state index is 10.6. The highest BCUT2D eigenvalue weighted by Gasteiger charge is 2.17. The molecule has 2 atom stereocenters. The first-order chi connectivity index (χ1) is 4.83. The summed E-state index contributed by atoms with van der Waals surface area (Å²) >= 11 is 10.4. The summed E-state index contributed by atoms with van der Waals surface area (Å²) < 4.78 is 29.6. The third kappa shape index (κ3) is 6.83. The van der Waals surface area contributed by atoms with Crippen LogP contribution in [-0.2, 0) is 18.8 Å². The molecule has 7 heteroatoms. The minimum Gasteiger partial charge on any atom is -0.229 e. The zero-order valence-electron chi connectivity index (χ0n) is 5.95. The topological polar surface area (TPSA) is 52.6 Å². The second kappa shape index (κ2) is 4.47. The molecule has 0 rings (SSSR count). The van der Waals surface area contributed by atoms with Crippen molar-refractivity contribution in [3.05, 3.63) is 0 Å². The molecule has 0 aromatic carbocycles. The van der Waals surface area contributed by atoms with Gasteiger partial charge in [-0.25, -0.2) is 8.37 Å². The van der Waals surface area contributed by atoms with Crippen LogP contribution in [-0.4, -0.2) is 19.5 Å². The predicted molar refractivity (Wildman–Crippen MR) is 41.7 cm³/mol. The lowest BCUT2D eigenvalue weighted by molar-refractivity contribution is 0.199. The van der Waals surface area contributed by atoms with Crippen LogP contribution in [0.3, 0.4) is 0 Å². The van der Waals surface area contributed by atoms with Gasteiger partial charge in [-0.05, 0) is 13.8 Å². The molecule has 0 aromatic rings. The van der Waals surface area contributed by atoms with Crippen molar-refractivity contribution in [2.45, 2.75) is 25.0 Å². The fourth-order valence-corrected chi connectivity index (χ4v) is 1.58. The largest absolute Gasteiger partial charge is 0.402 e. The van der Waals surface area contributed by atoms with Gasteiger partial charge in [0.05, 0.1) is 0 Å². The van der Waals surface area contributed by atoms with Gasteiger partial charge in [-0.3, -0.25) is 0 Å². The number of rotatable bonds is 4. The van der Waals surface area contributed by atoms with E-state index >= 15 is 0 Å². The Morgan fingerprint density at radius 3 is 1.55 bits per heavy atom. The van der Waals surface area contributed by atoms with Gasteiger partial charge < -0.3 is 0 Å². The number of hydrogen-bond donors (Lipinski definition) is 0. The van der Waals surface area contributed by atoms with Crippen LogP contribution < -0.4 is 0 Å². The van der Waals surface area contributed by atoms with Crippen molar-refractivity contribution in [1.82, 2.24) is 0 Å². The van der Waals surface area contributed by atoms with E-state index in [0.29, 0.717) is 0 Å². The van der Waals surface area contributed by atoms with Crippen LogP contribution in [0, 0.1) is 0 Å². The van der Waals surface area contributed by atoms with Crippen LogP contribution in [0.1, 0.15) is 13.8 Å². The Balaban J connectivity index is 4.03. The molecule has 0 bridgehead atoms. The summed E-state index contributed by atoms with van der Waals surface area (Å²) in [6.07, 6.45) is 0. The van der Waals surface area contributed by atoms with Gasteiger partial charge in [-0.15, -0.1) is 0 Å². The van der Waals surface area contributed by atoms with E-state index in [1.807, 2.05) is 0 Å². The van der Waals surface area contributed by atoms with E-state index in [0.717, 1.165) is 0 Å². The molecule has 0 saturated heterocycles. The van der Waals surface area contributed by atoms with Crippen molar-refractivity contribution in [2.75, 3.05) is 0 Å². The molecule has 11 heavy (non-hydrogen) atoms. The Kier molecular flexibility index (Phi) is 4.65. The number of alkyl halides is 2. The molecule has 68 valence electrons. The molecule has 2 unspecified atom stereocenters. The minimum atomic E-state index is -4.04. The van der Waals surface area contributed by atoms with Crippen LogP contribution in [0.15, 0.2) is 0 Å². The van der Waals surface area contributed by atoms with Gasteiger partial charge >= 0.3 is 10.4 Å². The fraction of sp³-hybridized carbons (Fsp3) is 1.00. The Bertz CT molecular complexity index is 182. The first kappa shape index (κ1) is 11.4. The second-order valence-corrected chi connectivity index (χ2v) is 4.12. The van der Waals surface area contributed by atoms with Crippen molar-refractivity contribution in [2.24, 2.45) is 0 Å². The molecule has 0 aliphatic carbocycles. The molecule has 4 nitrogen and oxygen atoms in total. The molecule has 0 spiro atoms. The highest BCUT2D eigenvalue weighted by Crippen LogP contribution is 2.09. The van der Waals surface area contributed by atoms with Gasteiger partial charge in [0.25, 0.3) is 0 Å². The van der Waals surface area contributed by atoms with Crippen molar-refractivity contribution >= 4 is 33.6 Å². The first-order valence-electron chi connectivity index (χ1n) is 2.73. The van der Waals surface area contributed by atoms with Crippen LogP contribution >= 0.6 is 23.2 Å². The Morgan fingerprint density at radius 2 is 1.36 bits per heavy atom. The maximum atomic E-state index is 10.6. The third-order valence-corrected chi connectivity index (χ3v) is 1.94. The summed E-state index contributed by atoms with van der Waals surface area (Å²) in [5, 5.41) is 0. The maximum Gasteiger partial charge on any atom is 0.402 e. The third-order valence-electron chi connectivity index (χ3n) is 0.501. The molecule has 0 radical (unpaired) electrons. The van der Waals surface area contributed by atoms with Gasteiger partial charge in [0.1, 0.15) is 11.1 Å². The van der Waals surface area contributed by atoms with Gasteiger partial charge in [-0.2, -0.15) is 8.42 Å². The van der Waals surface area contributed by atoms with Crippen LogP contribution in [0.2, 0.25) is 0 Å². The highest BCUT2D eigenvalue weighted by molar-refractivity contribution is 7.82. The van der Waals surface area contributed by atoms with Crippen molar-refractivity contribution in [3.63, 3.8) is 0 Å². The molecule has 0 fully saturated rings. The Hall–Kier alpha value is 0.450.